The number of hydrogen-bond acceptors (Lipinski definition) is 5. The van der Waals surface area contributed by atoms with E-state index in [1.54, 1.807) is 13.1 Å². The highest BCUT2D eigenvalue weighted by molar-refractivity contribution is 5.91. The van der Waals surface area contributed by atoms with Gasteiger partial charge in [0.2, 0.25) is 11.8 Å². The predicted octanol–water partition coefficient (Wildman–Crippen LogP) is 2.96. The highest BCUT2D eigenvalue weighted by Gasteiger charge is 2.42. The summed E-state index contributed by atoms with van der Waals surface area (Å²) in [6.45, 7) is 15.0. The molecule has 0 heterocycles. The summed E-state index contributed by atoms with van der Waals surface area (Å²) in [6, 6.07) is 7.59. The third-order valence-corrected chi connectivity index (χ3v) is 6.60. The number of rotatable bonds is 12. The van der Waals surface area contributed by atoms with Gasteiger partial charge in [-0.15, -0.1) is 0 Å². The summed E-state index contributed by atoms with van der Waals surface area (Å²) < 4.78 is 0. The van der Waals surface area contributed by atoms with Crippen molar-refractivity contribution in [2.75, 3.05) is 20.2 Å². The van der Waals surface area contributed by atoms with Crippen molar-refractivity contribution in [2.45, 2.75) is 78.9 Å². The Morgan fingerprint density at radius 2 is 1.58 bits per heavy atom. The Morgan fingerprint density at radius 3 is 2.03 bits per heavy atom. The molecule has 1 aromatic rings. The zero-order chi connectivity index (χ0) is 27.8. The number of carbonyl (C=O) groups is 3. The molecule has 0 unspecified atom stereocenters. The molecule has 0 saturated carbocycles. The smallest absolute Gasteiger partial charge is 0.331 e. The van der Waals surface area contributed by atoms with Crippen molar-refractivity contribution in [3.8, 4) is 0 Å². The lowest BCUT2D eigenvalue weighted by Crippen LogP contribution is -2.62. The van der Waals surface area contributed by atoms with Crippen LogP contribution in [0.4, 0.5) is 0 Å². The van der Waals surface area contributed by atoms with E-state index in [1.165, 1.54) is 11.8 Å². The number of carboxylic acid groups (broad SMARTS) is 1. The number of aliphatic carboxylic acids is 1. The molecule has 1 rings (SSSR count). The van der Waals surface area contributed by atoms with Gasteiger partial charge in [-0.05, 0) is 23.8 Å². The topological polar surface area (TPSA) is 119 Å². The second kappa shape index (κ2) is 13.0. The molecule has 0 saturated heterocycles. The van der Waals surface area contributed by atoms with Gasteiger partial charge in [0.1, 0.15) is 6.04 Å². The van der Waals surface area contributed by atoms with Crippen LogP contribution in [-0.2, 0) is 19.8 Å². The molecule has 1 aromatic carbocycles. The molecule has 2 amide bonds. The third kappa shape index (κ3) is 8.17. The number of nitrogens with zero attached hydrogens (tertiary/aromatic N) is 1. The summed E-state index contributed by atoms with van der Waals surface area (Å²) in [6.07, 6.45) is 1.58. The maximum atomic E-state index is 13.8. The molecule has 4 N–H and O–H groups in total. The van der Waals surface area contributed by atoms with Crippen molar-refractivity contribution < 1.29 is 24.6 Å². The van der Waals surface area contributed by atoms with Crippen molar-refractivity contribution in [1.82, 2.24) is 15.5 Å². The van der Waals surface area contributed by atoms with E-state index in [-0.39, 0.29) is 36.5 Å². The number of carboxylic acids is 1. The van der Waals surface area contributed by atoms with E-state index < -0.39 is 34.9 Å². The molecule has 0 aliphatic heterocycles. The van der Waals surface area contributed by atoms with Gasteiger partial charge in [0.15, 0.2) is 0 Å². The van der Waals surface area contributed by atoms with Crippen LogP contribution < -0.4 is 10.6 Å². The Morgan fingerprint density at radius 1 is 1.03 bits per heavy atom. The van der Waals surface area contributed by atoms with E-state index in [0.717, 1.165) is 5.56 Å². The average molecular weight is 504 g/mol. The molecular formula is C28H45N3O5. The van der Waals surface area contributed by atoms with Crippen LogP contribution in [0, 0.1) is 11.3 Å². The van der Waals surface area contributed by atoms with E-state index in [2.05, 4.69) is 10.6 Å². The first-order chi connectivity index (χ1) is 16.5. The maximum Gasteiger partial charge on any atom is 0.331 e. The summed E-state index contributed by atoms with van der Waals surface area (Å²) in [5.41, 5.74) is -0.158. The number of hydrogen-bond donors (Lipinski definition) is 4. The fourth-order valence-electron chi connectivity index (χ4n) is 4.22. The van der Waals surface area contributed by atoms with Gasteiger partial charge in [0, 0.05) is 24.6 Å². The van der Waals surface area contributed by atoms with Crippen molar-refractivity contribution in [2.24, 2.45) is 11.3 Å². The second-order valence-corrected chi connectivity index (χ2v) is 11.3. The van der Waals surface area contributed by atoms with E-state index >= 15 is 0 Å². The normalized spacial score (nSPS) is 15.2. The second-order valence-electron chi connectivity index (χ2n) is 11.3. The quantitative estimate of drug-likeness (QED) is 0.326. The summed E-state index contributed by atoms with van der Waals surface area (Å²) in [7, 11) is 1.64. The fourth-order valence-corrected chi connectivity index (χ4v) is 4.22. The fraction of sp³-hybridized carbons (Fsp3) is 0.607. The summed E-state index contributed by atoms with van der Waals surface area (Å²) in [4.78, 5) is 40.4. The average Bonchev–Trinajstić information content (AvgIpc) is 2.79. The Balaban J connectivity index is 3.36. The molecular weight excluding hydrogens is 458 g/mol. The summed E-state index contributed by atoms with van der Waals surface area (Å²) >= 11 is 0. The molecule has 0 bridgehead atoms. The number of nitrogens with one attached hydrogen (secondary N) is 2. The maximum absolute atomic E-state index is 13.8. The molecule has 8 nitrogen and oxygen atoms in total. The Bertz CT molecular complexity index is 919. The molecule has 0 spiro atoms. The first-order valence-corrected chi connectivity index (χ1v) is 12.4. The molecule has 0 radical (unpaired) electrons. The third-order valence-electron chi connectivity index (χ3n) is 6.60. The number of carbonyl (C=O) groups excluding carboxylic acids is 2. The van der Waals surface area contributed by atoms with Gasteiger partial charge in [0.25, 0.3) is 0 Å². The lowest BCUT2D eigenvalue weighted by atomic mass is 9.76. The Hall–Kier alpha value is -2.71. The van der Waals surface area contributed by atoms with Crippen LogP contribution in [-0.4, -0.2) is 71.2 Å². The molecule has 0 aliphatic rings. The minimum atomic E-state index is -1.04. The van der Waals surface area contributed by atoms with Gasteiger partial charge in [-0.2, -0.15) is 0 Å². The van der Waals surface area contributed by atoms with E-state index in [9.17, 15) is 24.6 Å². The van der Waals surface area contributed by atoms with Crippen LogP contribution in [0.1, 0.15) is 61.0 Å². The molecule has 8 heteroatoms. The molecule has 0 aliphatic carbocycles. The first-order valence-electron chi connectivity index (χ1n) is 12.4. The van der Waals surface area contributed by atoms with Crippen molar-refractivity contribution in [3.63, 3.8) is 0 Å². The Kier molecular flexibility index (Phi) is 11.3. The SMILES string of the molecule is CC(=C[C@H](C(C)C)N(C)C(=O)[C@@H](NC(=O)[C@@H](NCCO)C(C)(C)c1ccccc1)C(C)(C)C)C(=O)O. The van der Waals surface area contributed by atoms with Gasteiger partial charge in [-0.25, -0.2) is 4.79 Å². The van der Waals surface area contributed by atoms with Crippen LogP contribution >= 0.6 is 0 Å². The molecule has 3 atom stereocenters. The number of aliphatic hydroxyl groups excluding tert-OH is 1. The van der Waals surface area contributed by atoms with E-state index in [4.69, 9.17) is 0 Å². The molecule has 0 fully saturated rings. The highest BCUT2D eigenvalue weighted by Crippen LogP contribution is 2.29. The molecule has 0 aromatic heterocycles. The number of benzene rings is 1. The van der Waals surface area contributed by atoms with Gasteiger partial charge >= 0.3 is 5.97 Å². The van der Waals surface area contributed by atoms with Crippen molar-refractivity contribution in [1.29, 1.82) is 0 Å². The van der Waals surface area contributed by atoms with Gasteiger partial charge in [-0.3, -0.25) is 9.59 Å². The predicted molar refractivity (Wildman–Crippen MR) is 143 cm³/mol. The highest BCUT2D eigenvalue weighted by atomic mass is 16.4. The van der Waals surface area contributed by atoms with Crippen molar-refractivity contribution >= 4 is 17.8 Å². The van der Waals surface area contributed by atoms with Crippen LogP contribution in [0.3, 0.4) is 0 Å². The van der Waals surface area contributed by atoms with Crippen LogP contribution in [0.15, 0.2) is 42.0 Å². The van der Waals surface area contributed by atoms with Gasteiger partial charge in [-0.1, -0.05) is 84.9 Å². The van der Waals surface area contributed by atoms with Gasteiger partial charge < -0.3 is 25.7 Å². The standard InChI is InChI=1S/C28H45N3O5/c1-18(2)21(17-19(3)26(35)36)31(9)25(34)23(27(4,5)6)30-24(33)22(29-15-16-32)28(7,8)20-13-11-10-12-14-20/h10-14,17-18,21-23,29,32H,15-16H2,1-9H3,(H,30,33)(H,35,36)/t21-,22-,23-/m1/s1. The van der Waals surface area contributed by atoms with Gasteiger partial charge in [0.05, 0.1) is 18.7 Å². The largest absolute Gasteiger partial charge is 0.478 e. The molecule has 202 valence electrons. The van der Waals surface area contributed by atoms with Crippen LogP contribution in [0.5, 0.6) is 0 Å². The number of aliphatic hydroxyl groups is 1. The number of amides is 2. The summed E-state index contributed by atoms with van der Waals surface area (Å²) in [5, 5.41) is 24.9. The van der Waals surface area contributed by atoms with E-state index in [0.29, 0.717) is 0 Å². The minimum absolute atomic E-state index is 0.0412. The molecule has 36 heavy (non-hydrogen) atoms. The Labute approximate surface area is 216 Å². The zero-order valence-electron chi connectivity index (χ0n) is 23.3. The van der Waals surface area contributed by atoms with Crippen molar-refractivity contribution in [3.05, 3.63) is 47.5 Å². The lowest BCUT2D eigenvalue weighted by molar-refractivity contribution is -0.141. The monoisotopic (exact) mass is 503 g/mol. The lowest BCUT2D eigenvalue weighted by Gasteiger charge is -2.40. The van der Waals surface area contributed by atoms with Crippen LogP contribution in [0.25, 0.3) is 0 Å². The number of likely N-dealkylation sites (N-methyl/N-ethyl adjacent to an activating group) is 1. The first kappa shape index (κ1) is 31.3. The van der Waals surface area contributed by atoms with Crippen LogP contribution in [0.2, 0.25) is 0 Å². The summed E-state index contributed by atoms with van der Waals surface area (Å²) in [5.74, 6) is -1.73. The van der Waals surface area contributed by atoms with E-state index in [1.807, 2.05) is 78.8 Å². The minimum Gasteiger partial charge on any atom is -0.478 e. The zero-order valence-corrected chi connectivity index (χ0v) is 23.3.